The third-order valence-electron chi connectivity index (χ3n) is 5.32. The van der Waals surface area contributed by atoms with Gasteiger partial charge in [-0.2, -0.15) is 0 Å². The summed E-state index contributed by atoms with van der Waals surface area (Å²) in [7, 11) is 0. The van der Waals surface area contributed by atoms with Crippen LogP contribution in [0.1, 0.15) is 27.5 Å². The maximum atomic E-state index is 12.8. The van der Waals surface area contributed by atoms with Crippen LogP contribution >= 0.6 is 23.1 Å². The number of hydrogen-bond donors (Lipinski definition) is 1. The molecule has 9 heteroatoms. The number of rotatable bonds is 9. The summed E-state index contributed by atoms with van der Waals surface area (Å²) >= 11 is 3.32. The molecule has 32 heavy (non-hydrogen) atoms. The van der Waals surface area contributed by atoms with Gasteiger partial charge in [-0.15, -0.1) is 23.1 Å². The maximum absolute atomic E-state index is 12.8. The number of hydrogen-bond acceptors (Lipinski definition) is 8. The molecule has 1 saturated heterocycles. The number of benzene rings is 1. The van der Waals surface area contributed by atoms with Crippen molar-refractivity contribution < 1.29 is 4.79 Å². The fraction of sp³-hybridized carbons (Fsp3) is 0.391. The molecule has 0 aliphatic carbocycles. The van der Waals surface area contributed by atoms with Crippen molar-refractivity contribution >= 4 is 35.0 Å². The highest BCUT2D eigenvalue weighted by Gasteiger charge is 2.18. The third-order valence-corrected chi connectivity index (χ3v) is 7.25. The molecule has 1 aliphatic rings. The number of amides is 1. The second-order valence-corrected chi connectivity index (χ2v) is 9.71. The molecule has 0 radical (unpaired) electrons. The van der Waals surface area contributed by atoms with E-state index in [-0.39, 0.29) is 5.91 Å². The van der Waals surface area contributed by atoms with E-state index >= 15 is 0 Å². The van der Waals surface area contributed by atoms with Gasteiger partial charge in [-0.3, -0.25) is 9.69 Å². The summed E-state index contributed by atoms with van der Waals surface area (Å²) in [5, 5.41) is 6.24. The monoisotopic (exact) mass is 468 g/mol. The summed E-state index contributed by atoms with van der Waals surface area (Å²) in [6.07, 6.45) is 4.50. The van der Waals surface area contributed by atoms with E-state index in [1.54, 1.807) is 35.5 Å². The second kappa shape index (κ2) is 11.4. The number of aromatic nitrogens is 3. The average molecular weight is 469 g/mol. The number of aryl methyl sites for hydroxylation is 1. The van der Waals surface area contributed by atoms with Gasteiger partial charge < -0.3 is 10.2 Å². The minimum Gasteiger partial charge on any atom is -0.352 e. The molecule has 3 aromatic rings. The van der Waals surface area contributed by atoms with Gasteiger partial charge in [0, 0.05) is 61.1 Å². The van der Waals surface area contributed by atoms with Gasteiger partial charge in [0.25, 0.3) is 5.91 Å². The summed E-state index contributed by atoms with van der Waals surface area (Å²) < 4.78 is 0. The van der Waals surface area contributed by atoms with Gasteiger partial charge in [-0.05, 0) is 38.1 Å². The van der Waals surface area contributed by atoms with Crippen molar-refractivity contribution in [2.75, 3.05) is 44.2 Å². The molecule has 4 rings (SSSR count). The smallest absolute Gasteiger partial charge is 0.252 e. The second-order valence-electron chi connectivity index (χ2n) is 7.63. The molecule has 0 saturated carbocycles. The zero-order valence-corrected chi connectivity index (χ0v) is 19.9. The highest BCUT2D eigenvalue weighted by molar-refractivity contribution is 7.98. The number of thioether (sulfide) groups is 1. The van der Waals surface area contributed by atoms with Crippen molar-refractivity contribution in [3.63, 3.8) is 0 Å². The number of carbonyl (C=O) groups is 1. The molecule has 3 heterocycles. The van der Waals surface area contributed by atoms with Crippen LogP contribution < -0.4 is 10.2 Å². The van der Waals surface area contributed by atoms with Crippen LogP contribution in [0, 0.1) is 6.92 Å². The standard InChI is InChI=1S/C23H28N6OS2/c1-18-27-19(16-31-18)17-32-21-7-3-2-6-20(21)22(30)24-10-5-11-28-12-14-29(15-13-28)23-25-8-4-9-26-23/h2-4,6-9,16H,5,10-15,17H2,1H3,(H,24,30). The minimum absolute atomic E-state index is 0.00592. The fourth-order valence-electron chi connectivity index (χ4n) is 3.63. The van der Waals surface area contributed by atoms with Gasteiger partial charge in [-0.1, -0.05) is 12.1 Å². The number of piperazine rings is 1. The molecular weight excluding hydrogens is 440 g/mol. The number of nitrogens with one attached hydrogen (secondary N) is 1. The van der Waals surface area contributed by atoms with E-state index in [2.05, 4.69) is 35.4 Å². The lowest BCUT2D eigenvalue weighted by molar-refractivity contribution is 0.0948. The molecule has 1 aromatic carbocycles. The van der Waals surface area contributed by atoms with Crippen LogP contribution in [0.5, 0.6) is 0 Å². The van der Waals surface area contributed by atoms with Crippen molar-refractivity contribution in [2.24, 2.45) is 0 Å². The van der Waals surface area contributed by atoms with Gasteiger partial charge in [0.05, 0.1) is 16.3 Å². The number of carbonyl (C=O) groups excluding carboxylic acids is 1. The molecule has 0 bridgehead atoms. The first kappa shape index (κ1) is 22.7. The Bertz CT molecular complexity index is 1000. The first-order valence-corrected chi connectivity index (χ1v) is 12.7. The Morgan fingerprint density at radius 1 is 1.12 bits per heavy atom. The van der Waals surface area contributed by atoms with Crippen molar-refractivity contribution in [1.82, 2.24) is 25.2 Å². The van der Waals surface area contributed by atoms with Crippen LogP contribution in [-0.2, 0) is 5.75 Å². The Morgan fingerprint density at radius 2 is 1.91 bits per heavy atom. The zero-order chi connectivity index (χ0) is 22.2. The van der Waals surface area contributed by atoms with E-state index in [0.717, 1.165) is 72.0 Å². The molecule has 2 aromatic heterocycles. The first-order chi connectivity index (χ1) is 15.7. The number of nitrogens with zero attached hydrogens (tertiary/aromatic N) is 5. The molecule has 1 fully saturated rings. The zero-order valence-electron chi connectivity index (χ0n) is 18.2. The molecular formula is C23H28N6OS2. The van der Waals surface area contributed by atoms with E-state index < -0.39 is 0 Å². The Balaban J connectivity index is 1.19. The van der Waals surface area contributed by atoms with Crippen LogP contribution in [0.15, 0.2) is 53.0 Å². The summed E-state index contributed by atoms with van der Waals surface area (Å²) in [6, 6.07) is 9.64. The maximum Gasteiger partial charge on any atom is 0.252 e. The van der Waals surface area contributed by atoms with Crippen LogP contribution in [0.3, 0.4) is 0 Å². The summed E-state index contributed by atoms with van der Waals surface area (Å²) in [4.78, 5) is 31.6. The Hall–Kier alpha value is -2.49. The van der Waals surface area contributed by atoms with Gasteiger partial charge >= 0.3 is 0 Å². The van der Waals surface area contributed by atoms with Gasteiger partial charge in [0.1, 0.15) is 0 Å². The van der Waals surface area contributed by atoms with E-state index in [1.165, 1.54) is 0 Å². The van der Waals surface area contributed by atoms with Crippen LogP contribution in [0.4, 0.5) is 5.95 Å². The average Bonchev–Trinajstić information content (AvgIpc) is 3.26. The lowest BCUT2D eigenvalue weighted by Crippen LogP contribution is -2.47. The fourth-order valence-corrected chi connectivity index (χ4v) is 5.29. The lowest BCUT2D eigenvalue weighted by Gasteiger charge is -2.34. The van der Waals surface area contributed by atoms with Gasteiger partial charge in [0.2, 0.25) is 5.95 Å². The van der Waals surface area contributed by atoms with E-state index in [1.807, 2.05) is 37.3 Å². The largest absolute Gasteiger partial charge is 0.352 e. The highest BCUT2D eigenvalue weighted by atomic mass is 32.2. The first-order valence-electron chi connectivity index (χ1n) is 10.8. The minimum atomic E-state index is -0.00592. The van der Waals surface area contributed by atoms with Gasteiger partial charge in [0.15, 0.2) is 0 Å². The summed E-state index contributed by atoms with van der Waals surface area (Å²) in [6.45, 7) is 7.49. The molecule has 0 spiro atoms. The highest BCUT2D eigenvalue weighted by Crippen LogP contribution is 2.26. The number of anilines is 1. The molecule has 1 aliphatic heterocycles. The van der Waals surface area contributed by atoms with E-state index in [0.29, 0.717) is 6.54 Å². The number of thiazole rings is 1. The van der Waals surface area contributed by atoms with Crippen molar-refractivity contribution in [3.8, 4) is 0 Å². The summed E-state index contributed by atoms with van der Waals surface area (Å²) in [5.74, 6) is 1.57. The van der Waals surface area contributed by atoms with Crippen LogP contribution in [-0.4, -0.2) is 65.0 Å². The summed E-state index contributed by atoms with van der Waals surface area (Å²) in [5.41, 5.74) is 1.80. The molecule has 0 atom stereocenters. The Labute approximate surface area is 197 Å². The van der Waals surface area contributed by atoms with Crippen molar-refractivity contribution in [2.45, 2.75) is 24.0 Å². The Kier molecular flexibility index (Phi) is 8.08. The van der Waals surface area contributed by atoms with Crippen molar-refractivity contribution in [3.05, 3.63) is 64.4 Å². The quantitative estimate of drug-likeness (QED) is 0.381. The predicted octanol–water partition coefficient (Wildman–Crippen LogP) is 3.48. The molecule has 7 nitrogen and oxygen atoms in total. The molecule has 168 valence electrons. The third kappa shape index (κ3) is 6.27. The van der Waals surface area contributed by atoms with E-state index in [9.17, 15) is 4.79 Å². The van der Waals surface area contributed by atoms with E-state index in [4.69, 9.17) is 0 Å². The molecule has 0 unspecified atom stereocenters. The normalized spacial score (nSPS) is 14.5. The molecule has 1 N–H and O–H groups in total. The topological polar surface area (TPSA) is 74.2 Å². The SMILES string of the molecule is Cc1nc(CSc2ccccc2C(=O)NCCCN2CCN(c3ncccn3)CC2)cs1. The molecule has 1 amide bonds. The van der Waals surface area contributed by atoms with Crippen LogP contribution in [0.2, 0.25) is 0 Å². The predicted molar refractivity (Wildman–Crippen MR) is 130 cm³/mol. The van der Waals surface area contributed by atoms with Crippen molar-refractivity contribution in [1.29, 1.82) is 0 Å². The lowest BCUT2D eigenvalue weighted by atomic mass is 10.2. The van der Waals surface area contributed by atoms with Crippen LogP contribution in [0.25, 0.3) is 0 Å². The van der Waals surface area contributed by atoms with Gasteiger partial charge in [-0.25, -0.2) is 15.0 Å². The Morgan fingerprint density at radius 3 is 2.66 bits per heavy atom.